The van der Waals surface area contributed by atoms with E-state index in [0.29, 0.717) is 18.7 Å². The molecule has 0 spiro atoms. The molecule has 2 aromatic heterocycles. The van der Waals surface area contributed by atoms with E-state index in [1.807, 2.05) is 17.5 Å². The molecule has 5 nitrogen and oxygen atoms in total. The SMILES string of the molecule is O=C(CSc1cccs1)NCCc1ncn[nH]1. The first-order chi connectivity index (χ1) is 8.34. The van der Waals surface area contributed by atoms with Crippen LogP contribution < -0.4 is 5.32 Å². The molecule has 1 amide bonds. The van der Waals surface area contributed by atoms with Crippen molar-refractivity contribution < 1.29 is 4.79 Å². The molecule has 0 aromatic carbocycles. The molecular weight excluding hydrogens is 256 g/mol. The highest BCUT2D eigenvalue weighted by molar-refractivity contribution is 8.01. The second-order valence-corrected chi connectivity index (χ2v) is 5.48. The molecule has 0 saturated heterocycles. The van der Waals surface area contributed by atoms with Gasteiger partial charge < -0.3 is 5.32 Å². The zero-order valence-electron chi connectivity index (χ0n) is 9.05. The minimum absolute atomic E-state index is 0.0444. The van der Waals surface area contributed by atoms with Crippen LogP contribution in [-0.2, 0) is 11.2 Å². The zero-order valence-corrected chi connectivity index (χ0v) is 10.7. The average Bonchev–Trinajstić information content (AvgIpc) is 2.99. The summed E-state index contributed by atoms with van der Waals surface area (Å²) in [6.45, 7) is 0.582. The number of aromatic amines is 1. The Labute approximate surface area is 107 Å². The van der Waals surface area contributed by atoms with Crippen molar-refractivity contribution in [3.8, 4) is 0 Å². The lowest BCUT2D eigenvalue weighted by atomic mass is 10.4. The number of hydrogen-bond donors (Lipinski definition) is 2. The van der Waals surface area contributed by atoms with Crippen molar-refractivity contribution in [3.05, 3.63) is 29.7 Å². The van der Waals surface area contributed by atoms with Crippen LogP contribution in [0, 0.1) is 0 Å². The van der Waals surface area contributed by atoms with E-state index in [9.17, 15) is 4.79 Å². The Morgan fingerprint density at radius 1 is 1.59 bits per heavy atom. The Morgan fingerprint density at radius 2 is 2.53 bits per heavy atom. The van der Waals surface area contributed by atoms with Crippen LogP contribution in [0.3, 0.4) is 0 Å². The van der Waals surface area contributed by atoms with Gasteiger partial charge in [-0.2, -0.15) is 5.10 Å². The highest BCUT2D eigenvalue weighted by Crippen LogP contribution is 2.22. The van der Waals surface area contributed by atoms with E-state index in [1.54, 1.807) is 23.1 Å². The molecule has 0 aliphatic carbocycles. The van der Waals surface area contributed by atoms with Gasteiger partial charge in [0.1, 0.15) is 12.2 Å². The Bertz CT molecular complexity index is 441. The largest absolute Gasteiger partial charge is 0.355 e. The summed E-state index contributed by atoms with van der Waals surface area (Å²) in [5.74, 6) is 1.29. The number of nitrogens with one attached hydrogen (secondary N) is 2. The summed E-state index contributed by atoms with van der Waals surface area (Å²) in [5.41, 5.74) is 0. The van der Waals surface area contributed by atoms with Gasteiger partial charge in [0.2, 0.25) is 5.91 Å². The molecule has 90 valence electrons. The van der Waals surface area contributed by atoms with E-state index in [-0.39, 0.29) is 5.91 Å². The summed E-state index contributed by atoms with van der Waals surface area (Å²) in [5, 5.41) is 11.3. The van der Waals surface area contributed by atoms with Gasteiger partial charge in [-0.3, -0.25) is 9.89 Å². The monoisotopic (exact) mass is 268 g/mol. The molecule has 0 bridgehead atoms. The van der Waals surface area contributed by atoms with E-state index in [1.165, 1.54) is 6.33 Å². The summed E-state index contributed by atoms with van der Waals surface area (Å²) >= 11 is 3.20. The minimum atomic E-state index is 0.0444. The standard InChI is InChI=1S/C10H12N4OS2/c15-9(6-17-10-2-1-5-16-10)11-4-3-8-12-7-13-14-8/h1-2,5,7H,3-4,6H2,(H,11,15)(H,12,13,14). The fourth-order valence-corrected chi connectivity index (χ4v) is 2.82. The number of carbonyl (C=O) groups excluding carboxylic acids is 1. The van der Waals surface area contributed by atoms with E-state index in [0.717, 1.165) is 10.0 Å². The predicted octanol–water partition coefficient (Wildman–Crippen LogP) is 1.32. The third-order valence-corrected chi connectivity index (χ3v) is 4.12. The summed E-state index contributed by atoms with van der Waals surface area (Å²) in [6, 6.07) is 3.99. The Hall–Kier alpha value is -1.34. The Morgan fingerprint density at radius 3 is 3.24 bits per heavy atom. The Balaban J connectivity index is 1.61. The number of aromatic nitrogens is 3. The van der Waals surface area contributed by atoms with Crippen molar-refractivity contribution >= 4 is 29.0 Å². The van der Waals surface area contributed by atoms with Crippen molar-refractivity contribution in [2.24, 2.45) is 0 Å². The number of amides is 1. The number of carbonyl (C=O) groups is 1. The molecule has 0 aliphatic heterocycles. The van der Waals surface area contributed by atoms with Gasteiger partial charge in [0.25, 0.3) is 0 Å². The lowest BCUT2D eigenvalue weighted by molar-refractivity contribution is -0.118. The van der Waals surface area contributed by atoms with Crippen molar-refractivity contribution in [3.63, 3.8) is 0 Å². The Kier molecular flexibility index (Phi) is 4.57. The molecule has 0 unspecified atom stereocenters. The smallest absolute Gasteiger partial charge is 0.230 e. The number of thioether (sulfide) groups is 1. The van der Waals surface area contributed by atoms with Crippen LogP contribution in [0.1, 0.15) is 5.82 Å². The molecule has 0 atom stereocenters. The highest BCUT2D eigenvalue weighted by atomic mass is 32.2. The molecule has 2 aromatic rings. The van der Waals surface area contributed by atoms with Gasteiger partial charge in [-0.25, -0.2) is 4.98 Å². The topological polar surface area (TPSA) is 70.7 Å². The first-order valence-electron chi connectivity index (χ1n) is 5.12. The lowest BCUT2D eigenvalue weighted by Gasteiger charge is -2.02. The summed E-state index contributed by atoms with van der Waals surface area (Å²) < 4.78 is 1.16. The number of nitrogens with zero attached hydrogens (tertiary/aromatic N) is 2. The third-order valence-electron chi connectivity index (χ3n) is 1.99. The summed E-state index contributed by atoms with van der Waals surface area (Å²) in [4.78, 5) is 15.5. The minimum Gasteiger partial charge on any atom is -0.355 e. The van der Waals surface area contributed by atoms with Gasteiger partial charge in [0.15, 0.2) is 0 Å². The van der Waals surface area contributed by atoms with Crippen LogP contribution in [0.2, 0.25) is 0 Å². The van der Waals surface area contributed by atoms with Gasteiger partial charge in [-0.15, -0.1) is 23.1 Å². The zero-order chi connectivity index (χ0) is 11.9. The van der Waals surface area contributed by atoms with Gasteiger partial charge >= 0.3 is 0 Å². The van der Waals surface area contributed by atoms with Crippen LogP contribution in [0.4, 0.5) is 0 Å². The maximum atomic E-state index is 11.5. The van der Waals surface area contributed by atoms with Gasteiger partial charge in [0.05, 0.1) is 9.96 Å². The van der Waals surface area contributed by atoms with E-state index in [2.05, 4.69) is 20.5 Å². The first-order valence-corrected chi connectivity index (χ1v) is 6.98. The number of thiophene rings is 1. The maximum absolute atomic E-state index is 11.5. The van der Waals surface area contributed by atoms with Gasteiger partial charge in [-0.05, 0) is 11.4 Å². The number of rotatable bonds is 6. The summed E-state index contributed by atoms with van der Waals surface area (Å²) in [6.07, 6.45) is 2.14. The first kappa shape index (κ1) is 12.1. The molecule has 7 heteroatoms. The van der Waals surface area contributed by atoms with Gasteiger partial charge in [-0.1, -0.05) is 6.07 Å². The van der Waals surface area contributed by atoms with Crippen molar-refractivity contribution in [1.29, 1.82) is 0 Å². The molecule has 0 radical (unpaired) electrons. The number of hydrogen-bond acceptors (Lipinski definition) is 5. The van der Waals surface area contributed by atoms with E-state index >= 15 is 0 Å². The van der Waals surface area contributed by atoms with Crippen LogP contribution in [0.15, 0.2) is 28.0 Å². The molecule has 2 rings (SSSR count). The molecule has 0 saturated carbocycles. The molecule has 17 heavy (non-hydrogen) atoms. The fourth-order valence-electron chi connectivity index (χ4n) is 1.20. The van der Waals surface area contributed by atoms with Crippen LogP contribution in [0.25, 0.3) is 0 Å². The molecule has 0 fully saturated rings. The van der Waals surface area contributed by atoms with Crippen molar-refractivity contribution in [1.82, 2.24) is 20.5 Å². The quantitative estimate of drug-likeness (QED) is 0.775. The van der Waals surface area contributed by atoms with E-state index in [4.69, 9.17) is 0 Å². The third kappa shape index (κ3) is 4.20. The molecule has 2 heterocycles. The van der Waals surface area contributed by atoms with Crippen LogP contribution in [0.5, 0.6) is 0 Å². The number of H-pyrrole nitrogens is 1. The second-order valence-electron chi connectivity index (χ2n) is 3.25. The predicted molar refractivity (Wildman–Crippen MR) is 68.1 cm³/mol. The van der Waals surface area contributed by atoms with E-state index < -0.39 is 0 Å². The molecule has 0 aliphatic rings. The highest BCUT2D eigenvalue weighted by Gasteiger charge is 2.03. The van der Waals surface area contributed by atoms with Crippen LogP contribution in [-0.4, -0.2) is 33.4 Å². The molecular formula is C10H12N4OS2. The normalized spacial score (nSPS) is 10.4. The summed E-state index contributed by atoms with van der Waals surface area (Å²) in [7, 11) is 0. The lowest BCUT2D eigenvalue weighted by Crippen LogP contribution is -2.27. The second kappa shape index (κ2) is 6.41. The molecule has 2 N–H and O–H groups in total. The maximum Gasteiger partial charge on any atom is 0.230 e. The van der Waals surface area contributed by atoms with Crippen molar-refractivity contribution in [2.75, 3.05) is 12.3 Å². The fraction of sp³-hybridized carbons (Fsp3) is 0.300. The average molecular weight is 268 g/mol. The van der Waals surface area contributed by atoms with Crippen LogP contribution >= 0.6 is 23.1 Å². The van der Waals surface area contributed by atoms with Crippen molar-refractivity contribution in [2.45, 2.75) is 10.6 Å². The van der Waals surface area contributed by atoms with Gasteiger partial charge in [0, 0.05) is 13.0 Å².